The summed E-state index contributed by atoms with van der Waals surface area (Å²) in [6.45, 7) is 2.07. The first-order valence-corrected chi connectivity index (χ1v) is 5.98. The molecule has 1 N–H and O–H groups in total. The maximum Gasteiger partial charge on any atom is 0.260 e. The van der Waals surface area contributed by atoms with Crippen molar-refractivity contribution in [3.8, 4) is 17.4 Å². The minimum Gasteiger partial charge on any atom is -0.504 e. The summed E-state index contributed by atoms with van der Waals surface area (Å²) >= 11 is 0. The van der Waals surface area contributed by atoms with E-state index in [1.54, 1.807) is 0 Å². The van der Waals surface area contributed by atoms with Crippen molar-refractivity contribution in [2.45, 2.75) is 32.6 Å². The lowest BCUT2D eigenvalue weighted by Crippen LogP contribution is -2.03. The first-order valence-electron chi connectivity index (χ1n) is 5.98. The highest BCUT2D eigenvalue weighted by molar-refractivity contribution is 5.99. The summed E-state index contributed by atoms with van der Waals surface area (Å²) in [6.07, 6.45) is 4.57. The van der Waals surface area contributed by atoms with Crippen LogP contribution in [-0.4, -0.2) is 30.1 Å². The molecule has 5 heteroatoms. The lowest BCUT2D eigenvalue weighted by molar-refractivity contribution is 0.0975. The van der Waals surface area contributed by atoms with Crippen LogP contribution < -0.4 is 9.47 Å². The van der Waals surface area contributed by atoms with Gasteiger partial charge in [0.25, 0.3) is 5.88 Å². The average Bonchev–Trinajstić information content (AvgIpc) is 2.38. The van der Waals surface area contributed by atoms with E-state index in [4.69, 9.17) is 9.47 Å². The van der Waals surface area contributed by atoms with Crippen LogP contribution in [0.1, 0.15) is 43.0 Å². The van der Waals surface area contributed by atoms with Crippen LogP contribution in [0.25, 0.3) is 0 Å². The van der Waals surface area contributed by atoms with Crippen molar-refractivity contribution in [1.82, 2.24) is 4.98 Å². The fourth-order valence-electron chi connectivity index (χ4n) is 1.67. The maximum absolute atomic E-state index is 11.9. The van der Waals surface area contributed by atoms with Gasteiger partial charge in [0.15, 0.2) is 11.5 Å². The molecule has 0 bridgehead atoms. The molecule has 0 radical (unpaired) electrons. The van der Waals surface area contributed by atoms with E-state index in [1.807, 2.05) is 0 Å². The highest BCUT2D eigenvalue weighted by Crippen LogP contribution is 2.37. The number of aromatic hydroxyl groups is 1. The second kappa shape index (κ2) is 6.83. The quantitative estimate of drug-likeness (QED) is 0.597. The summed E-state index contributed by atoms with van der Waals surface area (Å²) in [5.41, 5.74) is 0.184. The summed E-state index contributed by atoms with van der Waals surface area (Å²) in [6, 6.07) is 0. The van der Waals surface area contributed by atoms with Crippen molar-refractivity contribution in [1.29, 1.82) is 0 Å². The lowest BCUT2D eigenvalue weighted by atomic mass is 10.1. The van der Waals surface area contributed by atoms with Crippen LogP contribution in [0.5, 0.6) is 17.4 Å². The van der Waals surface area contributed by atoms with Gasteiger partial charge in [-0.05, 0) is 6.42 Å². The predicted octanol–water partition coefficient (Wildman–Crippen LogP) is 2.57. The molecule has 0 saturated carbocycles. The Morgan fingerprint density at radius 1 is 1.33 bits per heavy atom. The number of methoxy groups -OCH3 is 2. The van der Waals surface area contributed by atoms with E-state index in [-0.39, 0.29) is 28.7 Å². The third-order valence-electron chi connectivity index (χ3n) is 2.68. The summed E-state index contributed by atoms with van der Waals surface area (Å²) < 4.78 is 9.94. The molecule has 0 unspecified atom stereocenters. The maximum atomic E-state index is 11.9. The number of Topliss-reactive ketones (excluding diaryl/α,β-unsaturated/α-hetero) is 1. The zero-order chi connectivity index (χ0) is 13.5. The average molecular weight is 253 g/mol. The van der Waals surface area contributed by atoms with Gasteiger partial charge >= 0.3 is 0 Å². The first-order chi connectivity index (χ1) is 8.65. The smallest absolute Gasteiger partial charge is 0.260 e. The third-order valence-corrected chi connectivity index (χ3v) is 2.68. The molecule has 0 atom stereocenters. The number of pyridine rings is 1. The Balaban J connectivity index is 2.93. The number of unbranched alkanes of at least 4 members (excludes halogenated alkanes) is 2. The SMILES string of the molecule is CCCCCC(=O)c1cnc(OC)c(OC)c1O. The van der Waals surface area contributed by atoms with Gasteiger partial charge in [-0.2, -0.15) is 0 Å². The number of carbonyl (C=O) groups is 1. The molecular weight excluding hydrogens is 234 g/mol. The number of hydrogen-bond acceptors (Lipinski definition) is 5. The van der Waals surface area contributed by atoms with Gasteiger partial charge in [-0.1, -0.05) is 19.8 Å². The normalized spacial score (nSPS) is 10.2. The molecule has 0 aliphatic heterocycles. The van der Waals surface area contributed by atoms with Crippen LogP contribution in [-0.2, 0) is 0 Å². The van der Waals surface area contributed by atoms with Gasteiger partial charge in [-0.15, -0.1) is 0 Å². The highest BCUT2D eigenvalue weighted by atomic mass is 16.5. The van der Waals surface area contributed by atoms with E-state index in [2.05, 4.69) is 11.9 Å². The highest BCUT2D eigenvalue weighted by Gasteiger charge is 2.19. The lowest BCUT2D eigenvalue weighted by Gasteiger charge is -2.10. The molecule has 0 aliphatic rings. The molecule has 0 spiro atoms. The molecular formula is C13H19NO4. The molecule has 0 aromatic carbocycles. The molecule has 1 aromatic heterocycles. The molecule has 5 nitrogen and oxygen atoms in total. The largest absolute Gasteiger partial charge is 0.504 e. The Morgan fingerprint density at radius 2 is 2.06 bits per heavy atom. The molecule has 18 heavy (non-hydrogen) atoms. The van der Waals surface area contributed by atoms with Crippen LogP contribution >= 0.6 is 0 Å². The topological polar surface area (TPSA) is 68.7 Å². The zero-order valence-electron chi connectivity index (χ0n) is 11.0. The van der Waals surface area contributed by atoms with Crippen LogP contribution in [0.2, 0.25) is 0 Å². The number of ether oxygens (including phenoxy) is 2. The minimum atomic E-state index is -0.203. The van der Waals surface area contributed by atoms with Gasteiger partial charge in [0.05, 0.1) is 19.8 Å². The second-order valence-electron chi connectivity index (χ2n) is 3.94. The monoisotopic (exact) mass is 253 g/mol. The number of aromatic nitrogens is 1. The number of carbonyl (C=O) groups excluding carboxylic acids is 1. The van der Waals surface area contributed by atoms with Gasteiger partial charge in [-0.3, -0.25) is 4.79 Å². The summed E-state index contributed by atoms with van der Waals surface area (Å²) in [7, 11) is 2.82. The molecule has 100 valence electrons. The van der Waals surface area contributed by atoms with Crippen LogP contribution in [0.15, 0.2) is 6.20 Å². The predicted molar refractivity (Wildman–Crippen MR) is 67.5 cm³/mol. The zero-order valence-corrected chi connectivity index (χ0v) is 11.0. The van der Waals surface area contributed by atoms with Crippen molar-refractivity contribution in [2.75, 3.05) is 14.2 Å². The summed E-state index contributed by atoms with van der Waals surface area (Å²) in [5, 5.41) is 9.96. The number of nitrogens with zero attached hydrogens (tertiary/aromatic N) is 1. The second-order valence-corrected chi connectivity index (χ2v) is 3.94. The Bertz CT molecular complexity index is 418. The van der Waals surface area contributed by atoms with Crippen molar-refractivity contribution >= 4 is 5.78 Å². The molecule has 0 amide bonds. The Kier molecular flexibility index (Phi) is 5.42. The van der Waals surface area contributed by atoms with Crippen molar-refractivity contribution in [3.05, 3.63) is 11.8 Å². The fourth-order valence-corrected chi connectivity index (χ4v) is 1.67. The molecule has 1 heterocycles. The van der Waals surface area contributed by atoms with E-state index in [0.717, 1.165) is 19.3 Å². The van der Waals surface area contributed by atoms with Crippen LogP contribution in [0.4, 0.5) is 0 Å². The molecule has 0 fully saturated rings. The molecule has 1 rings (SSSR count). The Hall–Kier alpha value is -1.78. The van der Waals surface area contributed by atoms with Gasteiger partial charge in [0.1, 0.15) is 0 Å². The standard InChI is InChI=1S/C13H19NO4/c1-4-5-6-7-10(15)9-8-14-13(18-3)12(17-2)11(9)16/h8H,4-7H2,1-3H3,(H,14,16). The summed E-state index contributed by atoms with van der Waals surface area (Å²) in [4.78, 5) is 15.9. The first kappa shape index (κ1) is 14.3. The molecule has 1 aromatic rings. The Morgan fingerprint density at radius 3 is 2.61 bits per heavy atom. The number of ketones is 1. The summed E-state index contributed by atoms with van der Waals surface area (Å²) in [5.74, 6) is -0.0702. The minimum absolute atomic E-state index is 0.0961. The van der Waals surface area contributed by atoms with E-state index in [1.165, 1.54) is 20.4 Å². The Labute approximate surface area is 107 Å². The molecule has 0 aliphatic carbocycles. The van der Waals surface area contributed by atoms with Gasteiger partial charge in [-0.25, -0.2) is 4.98 Å². The number of rotatable bonds is 7. The van der Waals surface area contributed by atoms with Gasteiger partial charge in [0.2, 0.25) is 5.75 Å². The van der Waals surface area contributed by atoms with E-state index in [0.29, 0.717) is 6.42 Å². The van der Waals surface area contributed by atoms with E-state index < -0.39 is 0 Å². The van der Waals surface area contributed by atoms with Crippen molar-refractivity contribution < 1.29 is 19.4 Å². The van der Waals surface area contributed by atoms with Crippen LogP contribution in [0, 0.1) is 0 Å². The fraction of sp³-hybridized carbons (Fsp3) is 0.538. The van der Waals surface area contributed by atoms with Crippen molar-refractivity contribution in [3.63, 3.8) is 0 Å². The van der Waals surface area contributed by atoms with Crippen LogP contribution in [0.3, 0.4) is 0 Å². The van der Waals surface area contributed by atoms with E-state index >= 15 is 0 Å². The molecule has 0 saturated heterocycles. The van der Waals surface area contributed by atoms with Crippen molar-refractivity contribution in [2.24, 2.45) is 0 Å². The third kappa shape index (κ3) is 3.12. The van der Waals surface area contributed by atoms with E-state index in [9.17, 15) is 9.90 Å². The number of hydrogen-bond donors (Lipinski definition) is 1. The van der Waals surface area contributed by atoms with Gasteiger partial charge < -0.3 is 14.6 Å². The van der Waals surface area contributed by atoms with Gasteiger partial charge in [0, 0.05) is 12.6 Å².